The van der Waals surface area contributed by atoms with E-state index in [0.29, 0.717) is 0 Å². The molecule has 0 saturated heterocycles. The topological polar surface area (TPSA) is 4.93 Å². The van der Waals surface area contributed by atoms with Gasteiger partial charge in [0.2, 0.25) is 0 Å². The molecule has 1 heteroatoms. The smallest absolute Gasteiger partial charge is 0.0625 e. The number of benzene rings is 11. The molecule has 0 saturated carbocycles. The van der Waals surface area contributed by atoms with Crippen LogP contribution in [0.5, 0.6) is 0 Å². The molecule has 0 radical (unpaired) electrons. The SMILES string of the molecule is Cc1ccc(-c2ccc3cc(-c4ccc5c(c4)c4ccccc4c4cc6c7c8ccccc8c8ccccc8c7n(-c7ccccc7)c6cc54)ccc3c2)cc1. The average molecular weight is 710 g/mol. The predicted octanol–water partition coefficient (Wildman–Crippen LogP) is 15.3. The Labute approximate surface area is 324 Å². The molecule has 0 N–H and O–H groups in total. The summed E-state index contributed by atoms with van der Waals surface area (Å²) in [7, 11) is 0. The fraction of sp³-hybridized carbons (Fsp3) is 0.0182. The molecule has 0 unspecified atom stereocenters. The van der Waals surface area contributed by atoms with Gasteiger partial charge in [-0.2, -0.15) is 0 Å². The normalized spacial score (nSPS) is 12.0. The van der Waals surface area contributed by atoms with Crippen molar-refractivity contribution in [2.75, 3.05) is 0 Å². The zero-order chi connectivity index (χ0) is 36.9. The minimum atomic E-state index is 1.17. The predicted molar refractivity (Wildman–Crippen MR) is 241 cm³/mol. The molecule has 56 heavy (non-hydrogen) atoms. The van der Waals surface area contributed by atoms with Gasteiger partial charge in [-0.25, -0.2) is 0 Å². The van der Waals surface area contributed by atoms with E-state index >= 15 is 0 Å². The van der Waals surface area contributed by atoms with E-state index in [0.717, 1.165) is 0 Å². The van der Waals surface area contributed by atoms with Crippen molar-refractivity contribution in [3.8, 4) is 27.9 Å². The summed E-state index contributed by atoms with van der Waals surface area (Å²) in [4.78, 5) is 0. The number of fused-ring (bicyclic) bond motifs is 15. The summed E-state index contributed by atoms with van der Waals surface area (Å²) in [6, 6.07) is 72.3. The Morgan fingerprint density at radius 2 is 0.768 bits per heavy atom. The molecule has 0 fully saturated rings. The van der Waals surface area contributed by atoms with E-state index in [1.807, 2.05) is 0 Å². The molecule has 11 aromatic carbocycles. The molecule has 0 bridgehead atoms. The number of para-hydroxylation sites is 1. The van der Waals surface area contributed by atoms with E-state index in [2.05, 4.69) is 206 Å². The Morgan fingerprint density at radius 1 is 0.304 bits per heavy atom. The van der Waals surface area contributed by atoms with Crippen LogP contribution in [0.25, 0.3) is 114 Å². The summed E-state index contributed by atoms with van der Waals surface area (Å²) in [5.41, 5.74) is 9.88. The first-order valence-electron chi connectivity index (χ1n) is 19.5. The summed E-state index contributed by atoms with van der Waals surface area (Å²) in [6.45, 7) is 2.14. The molecule has 260 valence electrons. The Hall–Kier alpha value is -7.22. The quantitative estimate of drug-likeness (QED) is 0.161. The Bertz CT molecular complexity index is 3570. The van der Waals surface area contributed by atoms with Crippen LogP contribution >= 0.6 is 0 Å². The third-order valence-corrected chi connectivity index (χ3v) is 12.2. The second-order valence-corrected chi connectivity index (χ2v) is 15.3. The van der Waals surface area contributed by atoms with Gasteiger partial charge in [-0.15, -0.1) is 0 Å². The second kappa shape index (κ2) is 11.9. The van der Waals surface area contributed by atoms with Crippen LogP contribution in [0.15, 0.2) is 194 Å². The van der Waals surface area contributed by atoms with Gasteiger partial charge in [-0.3, -0.25) is 0 Å². The molecule has 1 aromatic heterocycles. The fourth-order valence-corrected chi connectivity index (χ4v) is 9.50. The zero-order valence-corrected chi connectivity index (χ0v) is 30.9. The second-order valence-electron chi connectivity index (χ2n) is 15.3. The van der Waals surface area contributed by atoms with Gasteiger partial charge in [0.25, 0.3) is 0 Å². The molecular formula is C55H35N. The van der Waals surface area contributed by atoms with E-state index in [1.165, 1.54) is 120 Å². The van der Waals surface area contributed by atoms with Gasteiger partial charge in [0, 0.05) is 21.8 Å². The van der Waals surface area contributed by atoms with Crippen LogP contribution in [0.2, 0.25) is 0 Å². The van der Waals surface area contributed by atoms with E-state index < -0.39 is 0 Å². The number of aryl methyl sites for hydroxylation is 1. The first-order valence-corrected chi connectivity index (χ1v) is 19.5. The molecule has 0 spiro atoms. The number of rotatable bonds is 3. The van der Waals surface area contributed by atoms with Crippen LogP contribution in [0.1, 0.15) is 5.56 Å². The first-order chi connectivity index (χ1) is 27.7. The molecule has 1 heterocycles. The number of hydrogen-bond donors (Lipinski definition) is 0. The maximum atomic E-state index is 2.51. The van der Waals surface area contributed by atoms with Crippen molar-refractivity contribution in [3.05, 3.63) is 200 Å². The summed E-state index contributed by atoms with van der Waals surface area (Å²) >= 11 is 0. The number of nitrogens with zero attached hydrogens (tertiary/aromatic N) is 1. The lowest BCUT2D eigenvalue weighted by atomic mass is 9.90. The molecule has 12 aromatic rings. The Kier molecular flexibility index (Phi) is 6.62. The van der Waals surface area contributed by atoms with Gasteiger partial charge in [0.15, 0.2) is 0 Å². The van der Waals surface area contributed by atoms with Gasteiger partial charge in [0.05, 0.1) is 11.0 Å². The van der Waals surface area contributed by atoms with Crippen LogP contribution in [-0.2, 0) is 0 Å². The fourth-order valence-electron chi connectivity index (χ4n) is 9.50. The van der Waals surface area contributed by atoms with Crippen molar-refractivity contribution in [3.63, 3.8) is 0 Å². The Balaban J connectivity index is 1.13. The largest absolute Gasteiger partial charge is 0.309 e. The molecule has 12 rings (SSSR count). The van der Waals surface area contributed by atoms with Gasteiger partial charge < -0.3 is 4.57 Å². The van der Waals surface area contributed by atoms with Crippen molar-refractivity contribution in [1.29, 1.82) is 0 Å². The highest BCUT2D eigenvalue weighted by Crippen LogP contribution is 2.46. The van der Waals surface area contributed by atoms with E-state index in [1.54, 1.807) is 0 Å². The maximum Gasteiger partial charge on any atom is 0.0625 e. The van der Waals surface area contributed by atoms with Crippen LogP contribution in [0.4, 0.5) is 0 Å². The van der Waals surface area contributed by atoms with Gasteiger partial charge >= 0.3 is 0 Å². The molecule has 0 amide bonds. The van der Waals surface area contributed by atoms with Gasteiger partial charge in [-0.1, -0.05) is 157 Å². The summed E-state index contributed by atoms with van der Waals surface area (Å²) in [5, 5.41) is 17.9. The summed E-state index contributed by atoms with van der Waals surface area (Å²) in [6.07, 6.45) is 0. The summed E-state index contributed by atoms with van der Waals surface area (Å²) < 4.78 is 2.51. The highest BCUT2D eigenvalue weighted by atomic mass is 15.0. The van der Waals surface area contributed by atoms with Gasteiger partial charge in [0.1, 0.15) is 0 Å². The number of hydrogen-bond acceptors (Lipinski definition) is 0. The van der Waals surface area contributed by atoms with Crippen LogP contribution in [-0.4, -0.2) is 4.57 Å². The third-order valence-electron chi connectivity index (χ3n) is 12.2. The van der Waals surface area contributed by atoms with E-state index in [9.17, 15) is 0 Å². The lowest BCUT2D eigenvalue weighted by molar-refractivity contribution is 1.19. The number of aromatic nitrogens is 1. The van der Waals surface area contributed by atoms with E-state index in [-0.39, 0.29) is 0 Å². The summed E-state index contributed by atoms with van der Waals surface area (Å²) in [5.74, 6) is 0. The van der Waals surface area contributed by atoms with Crippen molar-refractivity contribution in [2.45, 2.75) is 6.92 Å². The van der Waals surface area contributed by atoms with Crippen LogP contribution in [0.3, 0.4) is 0 Å². The highest BCUT2D eigenvalue weighted by molar-refractivity contribution is 6.35. The average Bonchev–Trinajstić information content (AvgIpc) is 3.60. The van der Waals surface area contributed by atoms with Crippen LogP contribution < -0.4 is 0 Å². The van der Waals surface area contributed by atoms with Crippen LogP contribution in [0, 0.1) is 6.92 Å². The molecule has 0 aliphatic rings. The highest BCUT2D eigenvalue weighted by Gasteiger charge is 2.21. The first kappa shape index (κ1) is 31.2. The maximum absolute atomic E-state index is 2.51. The molecule has 0 aliphatic heterocycles. The lowest BCUT2D eigenvalue weighted by Crippen LogP contribution is -1.94. The molecule has 0 aliphatic carbocycles. The third kappa shape index (κ3) is 4.55. The minimum absolute atomic E-state index is 1.17. The molecule has 1 nitrogen and oxygen atoms in total. The van der Waals surface area contributed by atoms with Gasteiger partial charge in [-0.05, 0) is 131 Å². The monoisotopic (exact) mass is 709 g/mol. The van der Waals surface area contributed by atoms with Crippen molar-refractivity contribution < 1.29 is 0 Å². The standard InChI is InChI=1S/C55H35N/c1-34-19-21-35(22-20-34)36-23-24-38-30-39(26-25-37(38)29-36)40-27-28-46-49(31-40)44-15-5-6-16-45(44)50-32-52-53(33-51(46)50)56(41-11-3-2-4-12-41)55-48-18-10-8-14-43(48)42-13-7-9-17-47(42)54(52)55/h2-33H,1H3. The molecule has 0 atom stereocenters. The molecular weight excluding hydrogens is 675 g/mol. The Morgan fingerprint density at radius 3 is 1.45 bits per heavy atom. The van der Waals surface area contributed by atoms with E-state index in [4.69, 9.17) is 0 Å². The lowest BCUT2D eigenvalue weighted by Gasteiger charge is -2.14. The van der Waals surface area contributed by atoms with Crippen molar-refractivity contribution in [2.24, 2.45) is 0 Å². The van der Waals surface area contributed by atoms with Crippen molar-refractivity contribution in [1.82, 2.24) is 4.57 Å². The zero-order valence-electron chi connectivity index (χ0n) is 30.9. The van der Waals surface area contributed by atoms with Crippen molar-refractivity contribution >= 4 is 86.4 Å². The minimum Gasteiger partial charge on any atom is -0.309 e.